The van der Waals surface area contributed by atoms with Crippen LogP contribution in [0.15, 0.2) is 35.1 Å². The summed E-state index contributed by atoms with van der Waals surface area (Å²) in [4.78, 5) is 40.6. The standard InChI is InChI=1S/C23H26N2O7.ClH/c1-22-11(16(25(3)4)18(28)15(20(22)30)21(24)31)8-10-14(19(22)29)17(27)13-9(23(10,2)32)6-5-7-12(13)26;/h5-7,10-11,16,26-27,30,32H,8H2,1-4H3,(H2,24,31);1H/t10?,11-,16-,22+,23+;/m0./s1. The monoisotopic (exact) mass is 478 g/mol. The number of hydrogen-bond acceptors (Lipinski definition) is 8. The summed E-state index contributed by atoms with van der Waals surface area (Å²) in [6.07, 6.45) is 0.0500. The summed E-state index contributed by atoms with van der Waals surface area (Å²) in [5.41, 5.74) is 1.37. The molecule has 1 saturated carbocycles. The summed E-state index contributed by atoms with van der Waals surface area (Å²) in [6, 6.07) is 3.44. The van der Waals surface area contributed by atoms with Gasteiger partial charge < -0.3 is 26.2 Å². The Labute approximate surface area is 196 Å². The summed E-state index contributed by atoms with van der Waals surface area (Å²) < 4.78 is 0. The average molecular weight is 479 g/mol. The van der Waals surface area contributed by atoms with Crippen molar-refractivity contribution >= 4 is 35.6 Å². The number of aliphatic hydroxyl groups is 3. The van der Waals surface area contributed by atoms with Gasteiger partial charge in [0.15, 0.2) is 11.6 Å². The maximum atomic E-state index is 13.9. The van der Waals surface area contributed by atoms with Crippen LogP contribution in [0.4, 0.5) is 0 Å². The predicted octanol–water partition coefficient (Wildman–Crippen LogP) is 1.33. The Morgan fingerprint density at radius 2 is 1.76 bits per heavy atom. The van der Waals surface area contributed by atoms with Crippen LogP contribution in [0.5, 0.6) is 5.75 Å². The second-order valence-corrected chi connectivity index (χ2v) is 9.40. The van der Waals surface area contributed by atoms with Gasteiger partial charge in [0.2, 0.25) is 0 Å². The van der Waals surface area contributed by atoms with Crippen LogP contribution in [0.2, 0.25) is 0 Å². The highest BCUT2D eigenvalue weighted by molar-refractivity contribution is 6.24. The molecule has 178 valence electrons. The molecule has 9 nitrogen and oxygen atoms in total. The zero-order chi connectivity index (χ0) is 23.9. The lowest BCUT2D eigenvalue weighted by molar-refractivity contribution is -0.143. The number of nitrogens with two attached hydrogens (primary N) is 1. The number of aromatic hydroxyl groups is 1. The molecule has 0 aromatic heterocycles. The summed E-state index contributed by atoms with van der Waals surface area (Å²) in [5.74, 6) is -5.84. The smallest absolute Gasteiger partial charge is 0.255 e. The van der Waals surface area contributed by atoms with E-state index in [1.165, 1.54) is 26.0 Å². The lowest BCUT2D eigenvalue weighted by Crippen LogP contribution is -2.62. The molecule has 1 unspecified atom stereocenters. The van der Waals surface area contributed by atoms with Gasteiger partial charge in [0.05, 0.1) is 22.6 Å². The molecule has 1 amide bonds. The summed E-state index contributed by atoms with van der Waals surface area (Å²) in [5, 5.41) is 43.9. The summed E-state index contributed by atoms with van der Waals surface area (Å²) in [7, 11) is 3.23. The first kappa shape index (κ1) is 24.8. The number of halogens is 1. The van der Waals surface area contributed by atoms with Crippen LogP contribution in [0.3, 0.4) is 0 Å². The third kappa shape index (κ3) is 2.96. The molecule has 0 radical (unpaired) electrons. The number of amides is 1. The number of allylic oxidation sites excluding steroid dienone is 1. The first-order valence-electron chi connectivity index (χ1n) is 10.2. The van der Waals surface area contributed by atoms with Gasteiger partial charge in [-0.2, -0.15) is 0 Å². The Balaban J connectivity index is 0.00000306. The Bertz CT molecular complexity index is 1150. The fourth-order valence-corrected chi connectivity index (χ4v) is 5.80. The Morgan fingerprint density at radius 1 is 1.15 bits per heavy atom. The van der Waals surface area contributed by atoms with E-state index in [-0.39, 0.29) is 41.3 Å². The molecular weight excluding hydrogens is 452 g/mol. The molecule has 1 aromatic carbocycles. The number of likely N-dealkylation sites (N-methyl/N-ethyl adjacent to an activating group) is 1. The minimum atomic E-state index is -1.75. The predicted molar refractivity (Wildman–Crippen MR) is 121 cm³/mol. The number of rotatable bonds is 2. The van der Waals surface area contributed by atoms with E-state index in [1.54, 1.807) is 25.1 Å². The van der Waals surface area contributed by atoms with Gasteiger partial charge >= 0.3 is 0 Å². The number of Topliss-reactive ketones (excluding diaryl/α,β-unsaturated/α-hetero) is 2. The van der Waals surface area contributed by atoms with Gasteiger partial charge in [-0.15, -0.1) is 12.4 Å². The van der Waals surface area contributed by atoms with Crippen molar-refractivity contribution in [3.8, 4) is 5.75 Å². The molecule has 5 atom stereocenters. The van der Waals surface area contributed by atoms with Crippen molar-refractivity contribution in [3.05, 3.63) is 46.2 Å². The van der Waals surface area contributed by atoms with Crippen LogP contribution in [-0.4, -0.2) is 62.9 Å². The zero-order valence-electron chi connectivity index (χ0n) is 18.6. The van der Waals surface area contributed by atoms with Crippen LogP contribution >= 0.6 is 12.4 Å². The highest BCUT2D eigenvalue weighted by Crippen LogP contribution is 2.60. The van der Waals surface area contributed by atoms with Gasteiger partial charge in [0.1, 0.15) is 22.8 Å². The minimum absolute atomic E-state index is 0. The highest BCUT2D eigenvalue weighted by Gasteiger charge is 2.64. The zero-order valence-corrected chi connectivity index (χ0v) is 19.4. The summed E-state index contributed by atoms with van der Waals surface area (Å²) in [6.45, 7) is 2.89. The van der Waals surface area contributed by atoms with E-state index in [4.69, 9.17) is 5.73 Å². The molecule has 6 N–H and O–H groups in total. The Kier molecular flexibility index (Phi) is 5.69. The van der Waals surface area contributed by atoms with E-state index >= 15 is 0 Å². The lowest BCUT2D eigenvalue weighted by atomic mass is 9.50. The molecule has 0 bridgehead atoms. The maximum Gasteiger partial charge on any atom is 0.255 e. The first-order chi connectivity index (χ1) is 14.8. The third-order valence-electron chi connectivity index (χ3n) is 7.48. The fraction of sp³-hybridized carbons (Fsp3) is 0.435. The lowest BCUT2D eigenvalue weighted by Gasteiger charge is -2.54. The molecular formula is C23H27ClN2O7. The van der Waals surface area contributed by atoms with Crippen LogP contribution in [0, 0.1) is 17.3 Å². The number of carbonyl (C=O) groups is 3. The van der Waals surface area contributed by atoms with Gasteiger partial charge in [0, 0.05) is 17.4 Å². The second kappa shape index (κ2) is 7.58. The van der Waals surface area contributed by atoms with E-state index in [9.17, 15) is 34.8 Å². The molecule has 3 aliphatic carbocycles. The van der Waals surface area contributed by atoms with Crippen molar-refractivity contribution in [2.75, 3.05) is 14.1 Å². The van der Waals surface area contributed by atoms with Crippen molar-refractivity contribution in [2.24, 2.45) is 23.0 Å². The topological polar surface area (TPSA) is 161 Å². The van der Waals surface area contributed by atoms with Crippen LogP contribution in [-0.2, 0) is 20.0 Å². The molecule has 10 heteroatoms. The molecule has 33 heavy (non-hydrogen) atoms. The number of phenolic OH excluding ortho intramolecular Hbond substituents is 1. The molecule has 3 aliphatic rings. The average Bonchev–Trinajstić information content (AvgIpc) is 2.68. The van der Waals surface area contributed by atoms with E-state index in [1.807, 2.05) is 0 Å². The van der Waals surface area contributed by atoms with Gasteiger partial charge in [-0.1, -0.05) is 12.1 Å². The molecule has 0 heterocycles. The van der Waals surface area contributed by atoms with Crippen molar-refractivity contribution in [1.82, 2.24) is 4.90 Å². The second-order valence-electron chi connectivity index (χ2n) is 9.40. The van der Waals surface area contributed by atoms with Crippen LogP contribution in [0.25, 0.3) is 5.76 Å². The number of carbonyl (C=O) groups excluding carboxylic acids is 3. The number of ketones is 2. The molecule has 4 rings (SSSR count). The minimum Gasteiger partial charge on any atom is -0.510 e. The number of hydrogen-bond donors (Lipinski definition) is 5. The van der Waals surface area contributed by atoms with E-state index < -0.39 is 63.5 Å². The van der Waals surface area contributed by atoms with Gasteiger partial charge in [-0.3, -0.25) is 19.3 Å². The normalized spacial score (nSPS) is 33.3. The highest BCUT2D eigenvalue weighted by atomic mass is 35.5. The molecule has 0 saturated heterocycles. The van der Waals surface area contributed by atoms with Gasteiger partial charge in [-0.25, -0.2) is 0 Å². The van der Waals surface area contributed by atoms with E-state index in [2.05, 4.69) is 0 Å². The largest absolute Gasteiger partial charge is 0.510 e. The first-order valence-corrected chi connectivity index (χ1v) is 10.2. The van der Waals surface area contributed by atoms with Gasteiger partial charge in [0.25, 0.3) is 5.91 Å². The number of phenols is 1. The Hall–Kier alpha value is -2.88. The molecule has 0 spiro atoms. The van der Waals surface area contributed by atoms with E-state index in [0.29, 0.717) is 0 Å². The van der Waals surface area contributed by atoms with Crippen molar-refractivity contribution < 1.29 is 34.8 Å². The fourth-order valence-electron chi connectivity index (χ4n) is 5.80. The quantitative estimate of drug-likeness (QED) is 0.397. The van der Waals surface area contributed by atoms with E-state index in [0.717, 1.165) is 0 Å². The summed E-state index contributed by atoms with van der Waals surface area (Å²) >= 11 is 0. The number of benzene rings is 1. The molecule has 1 fully saturated rings. The van der Waals surface area contributed by atoms with Gasteiger partial charge in [-0.05, 0) is 46.0 Å². The van der Waals surface area contributed by atoms with Crippen LogP contribution < -0.4 is 5.73 Å². The van der Waals surface area contributed by atoms with Crippen LogP contribution in [0.1, 0.15) is 31.4 Å². The number of primary amides is 1. The number of nitrogens with zero attached hydrogens (tertiary/aromatic N) is 1. The van der Waals surface area contributed by atoms with Crippen molar-refractivity contribution in [2.45, 2.75) is 31.9 Å². The third-order valence-corrected chi connectivity index (χ3v) is 7.48. The Morgan fingerprint density at radius 3 is 2.30 bits per heavy atom. The van der Waals surface area contributed by atoms with Crippen molar-refractivity contribution in [1.29, 1.82) is 0 Å². The molecule has 0 aliphatic heterocycles. The number of fused-ring (bicyclic) bond motifs is 3. The number of aliphatic hydroxyl groups excluding tert-OH is 2. The maximum absolute atomic E-state index is 13.9. The molecule has 1 aromatic rings. The SMILES string of the molecule is CN(C)[C@@H]1C(=O)C(C(N)=O)=C(O)[C@@]2(C)C(=O)C3=C(O)c4c(O)cccc4[C@@](C)(O)C3C[C@@H]12.Cl. The van der Waals surface area contributed by atoms with Crippen molar-refractivity contribution in [3.63, 3.8) is 0 Å².